The highest BCUT2D eigenvalue weighted by Gasteiger charge is 2.18. The molecule has 0 radical (unpaired) electrons. The highest BCUT2D eigenvalue weighted by Crippen LogP contribution is 2.17. The molecule has 1 aromatic heterocycles. The van der Waals surface area contributed by atoms with Gasteiger partial charge in [0.05, 0.1) is 11.5 Å². The minimum absolute atomic E-state index is 0.222. The number of primary amides is 1. The van der Waals surface area contributed by atoms with Crippen LogP contribution in [0.3, 0.4) is 0 Å². The van der Waals surface area contributed by atoms with Gasteiger partial charge in [-0.05, 0) is 25.0 Å². The van der Waals surface area contributed by atoms with Crippen LogP contribution in [-0.4, -0.2) is 28.5 Å². The van der Waals surface area contributed by atoms with Crippen molar-refractivity contribution in [3.8, 4) is 0 Å². The minimum atomic E-state index is -0.859. The largest absolute Gasteiger partial charge is 0.481 e. The molecule has 104 valence electrons. The van der Waals surface area contributed by atoms with Crippen molar-refractivity contribution in [2.45, 2.75) is 26.7 Å². The molecule has 0 aliphatic heterocycles. The van der Waals surface area contributed by atoms with E-state index in [2.05, 4.69) is 10.3 Å². The van der Waals surface area contributed by atoms with E-state index in [4.69, 9.17) is 10.8 Å². The quantitative estimate of drug-likeness (QED) is 0.691. The van der Waals surface area contributed by atoms with Crippen LogP contribution in [0.4, 0.5) is 5.82 Å². The first-order valence-corrected chi connectivity index (χ1v) is 6.19. The number of carboxylic acids is 1. The maximum absolute atomic E-state index is 11.4. The number of rotatable bonds is 7. The number of nitrogens with zero attached hydrogens (tertiary/aromatic N) is 1. The number of nitrogens with two attached hydrogens (primary N) is 1. The Hall–Kier alpha value is -2.11. The Kier molecular flexibility index (Phi) is 5.29. The van der Waals surface area contributed by atoms with Crippen molar-refractivity contribution < 1.29 is 14.7 Å². The lowest BCUT2D eigenvalue weighted by Crippen LogP contribution is -2.25. The van der Waals surface area contributed by atoms with Gasteiger partial charge in [0.25, 0.3) is 5.91 Å². The molecule has 0 aliphatic rings. The van der Waals surface area contributed by atoms with Crippen molar-refractivity contribution in [2.75, 3.05) is 11.9 Å². The minimum Gasteiger partial charge on any atom is -0.481 e. The zero-order valence-corrected chi connectivity index (χ0v) is 11.1. The summed E-state index contributed by atoms with van der Waals surface area (Å²) in [5.74, 6) is -1.60. The van der Waals surface area contributed by atoms with E-state index in [0.29, 0.717) is 23.4 Å². The summed E-state index contributed by atoms with van der Waals surface area (Å²) in [6.45, 7) is 3.91. The smallest absolute Gasteiger partial charge is 0.308 e. The van der Waals surface area contributed by atoms with Crippen LogP contribution in [0.2, 0.25) is 0 Å². The SMILES string of the molecule is CCCC(CNc1nccc(C)c1C(N)=O)C(=O)O. The molecule has 6 nitrogen and oxygen atoms in total. The number of anilines is 1. The fraction of sp³-hybridized carbons (Fsp3) is 0.462. The molecule has 6 heteroatoms. The van der Waals surface area contributed by atoms with Gasteiger partial charge in [-0.15, -0.1) is 0 Å². The summed E-state index contributed by atoms with van der Waals surface area (Å²) in [6, 6.07) is 1.69. The van der Waals surface area contributed by atoms with Crippen LogP contribution in [0.5, 0.6) is 0 Å². The Morgan fingerprint density at radius 3 is 2.74 bits per heavy atom. The number of carbonyl (C=O) groups excluding carboxylic acids is 1. The number of carbonyl (C=O) groups is 2. The van der Waals surface area contributed by atoms with Gasteiger partial charge >= 0.3 is 5.97 Å². The Morgan fingerprint density at radius 2 is 2.21 bits per heavy atom. The third-order valence-electron chi connectivity index (χ3n) is 2.91. The fourth-order valence-corrected chi connectivity index (χ4v) is 1.88. The number of aromatic nitrogens is 1. The van der Waals surface area contributed by atoms with E-state index in [9.17, 15) is 9.59 Å². The summed E-state index contributed by atoms with van der Waals surface area (Å²) in [6.07, 6.45) is 2.91. The number of aliphatic carboxylic acids is 1. The highest BCUT2D eigenvalue weighted by atomic mass is 16.4. The predicted octanol–water partition coefficient (Wildman–Crippen LogP) is 1.40. The fourth-order valence-electron chi connectivity index (χ4n) is 1.88. The zero-order chi connectivity index (χ0) is 14.4. The molecule has 0 aliphatic carbocycles. The second-order valence-electron chi connectivity index (χ2n) is 4.42. The van der Waals surface area contributed by atoms with Crippen LogP contribution in [0.25, 0.3) is 0 Å². The lowest BCUT2D eigenvalue weighted by atomic mass is 10.0. The van der Waals surface area contributed by atoms with E-state index in [0.717, 1.165) is 6.42 Å². The van der Waals surface area contributed by atoms with Gasteiger partial charge in [0, 0.05) is 12.7 Å². The van der Waals surface area contributed by atoms with Gasteiger partial charge in [0.2, 0.25) is 0 Å². The predicted molar refractivity (Wildman–Crippen MR) is 72.0 cm³/mol. The first kappa shape index (κ1) is 14.9. The number of amides is 1. The molecule has 1 atom stereocenters. The van der Waals surface area contributed by atoms with Crippen molar-refractivity contribution >= 4 is 17.7 Å². The van der Waals surface area contributed by atoms with Gasteiger partial charge in [-0.2, -0.15) is 0 Å². The number of pyridine rings is 1. The van der Waals surface area contributed by atoms with Crippen LogP contribution < -0.4 is 11.1 Å². The van der Waals surface area contributed by atoms with Crippen LogP contribution in [0, 0.1) is 12.8 Å². The van der Waals surface area contributed by atoms with Crippen LogP contribution >= 0.6 is 0 Å². The summed E-state index contributed by atoms with van der Waals surface area (Å²) in [5, 5.41) is 12.0. The number of hydrogen-bond donors (Lipinski definition) is 3. The van der Waals surface area contributed by atoms with Gasteiger partial charge in [-0.25, -0.2) is 4.98 Å². The van der Waals surface area contributed by atoms with E-state index in [1.54, 1.807) is 19.2 Å². The van der Waals surface area contributed by atoms with Crippen LogP contribution in [0.15, 0.2) is 12.3 Å². The molecule has 1 unspecified atom stereocenters. The van der Waals surface area contributed by atoms with Crippen LogP contribution in [-0.2, 0) is 4.79 Å². The lowest BCUT2D eigenvalue weighted by molar-refractivity contribution is -0.141. The molecule has 19 heavy (non-hydrogen) atoms. The molecule has 0 bridgehead atoms. The average molecular weight is 265 g/mol. The summed E-state index contributed by atoms with van der Waals surface area (Å²) in [7, 11) is 0. The third kappa shape index (κ3) is 3.94. The number of aryl methyl sites for hydroxylation is 1. The summed E-state index contributed by atoms with van der Waals surface area (Å²) in [5.41, 5.74) is 6.33. The van der Waals surface area contributed by atoms with E-state index in [1.165, 1.54) is 0 Å². The molecule has 1 aromatic rings. The Labute approximate surface area is 112 Å². The summed E-state index contributed by atoms with van der Waals surface area (Å²) >= 11 is 0. The molecule has 1 rings (SSSR count). The van der Waals surface area contributed by atoms with Gasteiger partial charge in [-0.1, -0.05) is 13.3 Å². The molecule has 0 aromatic carbocycles. The maximum atomic E-state index is 11.4. The summed E-state index contributed by atoms with van der Waals surface area (Å²) in [4.78, 5) is 26.5. The van der Waals surface area contributed by atoms with E-state index >= 15 is 0 Å². The molecule has 0 saturated heterocycles. The van der Waals surface area contributed by atoms with Gasteiger partial charge in [0.1, 0.15) is 5.82 Å². The first-order chi connectivity index (χ1) is 8.97. The second-order valence-corrected chi connectivity index (χ2v) is 4.42. The van der Waals surface area contributed by atoms with E-state index in [1.807, 2.05) is 6.92 Å². The van der Waals surface area contributed by atoms with Crippen molar-refractivity contribution in [1.29, 1.82) is 0 Å². The Balaban J connectivity index is 2.85. The topological polar surface area (TPSA) is 105 Å². The third-order valence-corrected chi connectivity index (χ3v) is 2.91. The molecule has 0 spiro atoms. The zero-order valence-electron chi connectivity index (χ0n) is 11.1. The maximum Gasteiger partial charge on any atom is 0.308 e. The highest BCUT2D eigenvalue weighted by molar-refractivity contribution is 5.99. The van der Waals surface area contributed by atoms with Gasteiger partial charge in [-0.3, -0.25) is 9.59 Å². The first-order valence-electron chi connectivity index (χ1n) is 6.19. The van der Waals surface area contributed by atoms with Crippen molar-refractivity contribution in [3.63, 3.8) is 0 Å². The van der Waals surface area contributed by atoms with Gasteiger partial charge in [0.15, 0.2) is 0 Å². The standard InChI is InChI=1S/C13H19N3O3/c1-3-4-9(13(18)19)7-16-12-10(11(14)17)8(2)5-6-15-12/h5-6,9H,3-4,7H2,1-2H3,(H2,14,17)(H,15,16)(H,18,19). The number of hydrogen-bond acceptors (Lipinski definition) is 4. The van der Waals surface area contributed by atoms with Crippen molar-refractivity contribution in [2.24, 2.45) is 11.7 Å². The van der Waals surface area contributed by atoms with Crippen molar-refractivity contribution in [3.05, 3.63) is 23.4 Å². The molecular formula is C13H19N3O3. The van der Waals surface area contributed by atoms with E-state index < -0.39 is 17.8 Å². The molecule has 0 saturated carbocycles. The monoisotopic (exact) mass is 265 g/mol. The Bertz CT molecular complexity index is 474. The van der Waals surface area contributed by atoms with Gasteiger partial charge < -0.3 is 16.2 Å². The molecule has 4 N–H and O–H groups in total. The molecule has 0 fully saturated rings. The Morgan fingerprint density at radius 1 is 1.53 bits per heavy atom. The number of carboxylic acid groups (broad SMARTS) is 1. The van der Waals surface area contributed by atoms with Crippen LogP contribution in [0.1, 0.15) is 35.7 Å². The summed E-state index contributed by atoms with van der Waals surface area (Å²) < 4.78 is 0. The molecule has 1 amide bonds. The molecular weight excluding hydrogens is 246 g/mol. The average Bonchev–Trinajstić information content (AvgIpc) is 2.33. The van der Waals surface area contributed by atoms with E-state index in [-0.39, 0.29) is 6.54 Å². The second kappa shape index (κ2) is 6.72. The van der Waals surface area contributed by atoms with Crippen molar-refractivity contribution in [1.82, 2.24) is 4.98 Å². The molecule has 1 heterocycles. The number of nitrogens with one attached hydrogen (secondary N) is 1. The normalized spacial score (nSPS) is 11.9. The lowest BCUT2D eigenvalue weighted by Gasteiger charge is -2.15.